The van der Waals surface area contributed by atoms with Gasteiger partial charge in [-0.2, -0.15) is 0 Å². The first-order chi connectivity index (χ1) is 7.83. The van der Waals surface area contributed by atoms with E-state index in [-0.39, 0.29) is 0 Å². The molecule has 1 nitrogen and oxygen atoms in total. The Labute approximate surface area is 101 Å². The largest absolute Gasteiger partial charge is 0.265 e. The Morgan fingerprint density at radius 2 is 2.00 bits per heavy atom. The van der Waals surface area contributed by atoms with Crippen LogP contribution >= 0.6 is 11.6 Å². The van der Waals surface area contributed by atoms with Crippen LogP contribution in [0.5, 0.6) is 0 Å². The first-order valence-electron chi connectivity index (χ1n) is 5.83. The molecule has 1 aromatic rings. The number of hydrogen-bond donors (Lipinski definition) is 0. The van der Waals surface area contributed by atoms with E-state index >= 15 is 0 Å². The lowest BCUT2D eigenvalue weighted by Gasteiger charge is -2.11. The molecule has 0 aromatic heterocycles. The van der Waals surface area contributed by atoms with Crippen LogP contribution in [-0.4, -0.2) is 6.21 Å². The third-order valence-electron chi connectivity index (χ3n) is 3.45. The summed E-state index contributed by atoms with van der Waals surface area (Å²) in [6, 6.07) is 6.25. The molecule has 1 heterocycles. The molecule has 82 valence electrons. The van der Waals surface area contributed by atoms with E-state index in [2.05, 4.69) is 23.3 Å². The molecule has 0 amide bonds. The minimum atomic E-state index is 0.849. The number of halogens is 1. The highest BCUT2D eigenvalue weighted by atomic mass is 35.5. The quantitative estimate of drug-likeness (QED) is 0.641. The van der Waals surface area contributed by atoms with Crippen molar-refractivity contribution in [1.29, 1.82) is 0 Å². The fourth-order valence-corrected chi connectivity index (χ4v) is 2.75. The molecule has 0 N–H and O–H groups in total. The van der Waals surface area contributed by atoms with Gasteiger partial charge in [-0.1, -0.05) is 17.7 Å². The number of hydrogen-bond acceptors (Lipinski definition) is 1. The lowest BCUT2D eigenvalue weighted by molar-refractivity contribution is 0.838. The molecule has 3 rings (SSSR count). The van der Waals surface area contributed by atoms with Crippen LogP contribution in [0.15, 0.2) is 34.5 Å². The van der Waals surface area contributed by atoms with Crippen molar-refractivity contribution in [3.05, 3.63) is 45.6 Å². The number of nitrogens with zero attached hydrogens (tertiary/aromatic N) is 1. The highest BCUT2D eigenvalue weighted by Gasteiger charge is 2.16. The standard InChI is InChI=1S/C14H14ClN/c15-13-6-5-12-9-14-10(2-1-7-16-14)3-4-11(12)8-13/h5-8H,1-4,9H2. The number of benzene rings is 1. The molecule has 16 heavy (non-hydrogen) atoms. The van der Waals surface area contributed by atoms with Crippen LogP contribution in [0.25, 0.3) is 0 Å². The monoisotopic (exact) mass is 231 g/mol. The van der Waals surface area contributed by atoms with Crippen molar-refractivity contribution >= 4 is 17.8 Å². The van der Waals surface area contributed by atoms with Crippen molar-refractivity contribution < 1.29 is 0 Å². The predicted molar refractivity (Wildman–Crippen MR) is 68.2 cm³/mol. The van der Waals surface area contributed by atoms with Gasteiger partial charge in [-0.3, -0.25) is 4.99 Å². The second-order valence-electron chi connectivity index (χ2n) is 4.49. The molecule has 2 heteroatoms. The van der Waals surface area contributed by atoms with Gasteiger partial charge in [0.15, 0.2) is 0 Å². The van der Waals surface area contributed by atoms with Crippen LogP contribution in [-0.2, 0) is 12.8 Å². The summed E-state index contributed by atoms with van der Waals surface area (Å²) in [6.45, 7) is 0. The molecule has 0 saturated heterocycles. The number of aliphatic imine (C=N–C) groups is 1. The van der Waals surface area contributed by atoms with Gasteiger partial charge in [0.05, 0.1) is 0 Å². The first-order valence-corrected chi connectivity index (χ1v) is 6.21. The maximum atomic E-state index is 6.04. The summed E-state index contributed by atoms with van der Waals surface area (Å²) >= 11 is 6.04. The first kappa shape index (κ1) is 10.1. The van der Waals surface area contributed by atoms with E-state index in [1.54, 1.807) is 5.57 Å². The SMILES string of the molecule is Clc1ccc2c(c1)CCC1=C(C2)N=CCC1. The van der Waals surface area contributed by atoms with Gasteiger partial charge in [-0.15, -0.1) is 0 Å². The Morgan fingerprint density at radius 3 is 2.94 bits per heavy atom. The Kier molecular flexibility index (Phi) is 2.56. The van der Waals surface area contributed by atoms with Crippen LogP contribution in [0, 0.1) is 0 Å². The Morgan fingerprint density at radius 1 is 1.06 bits per heavy atom. The molecule has 0 radical (unpaired) electrons. The molecule has 0 atom stereocenters. The Balaban J connectivity index is 2.00. The highest BCUT2D eigenvalue weighted by molar-refractivity contribution is 6.30. The molecular weight excluding hydrogens is 218 g/mol. The molecule has 1 aliphatic carbocycles. The van der Waals surface area contributed by atoms with Crippen molar-refractivity contribution in [2.24, 2.45) is 4.99 Å². The zero-order valence-corrected chi connectivity index (χ0v) is 9.93. The molecule has 0 fully saturated rings. The molecule has 0 spiro atoms. The van der Waals surface area contributed by atoms with Gasteiger partial charge in [0.2, 0.25) is 0 Å². The normalized spacial score (nSPS) is 19.1. The smallest absolute Gasteiger partial charge is 0.0435 e. The van der Waals surface area contributed by atoms with Gasteiger partial charge in [-0.05, 0) is 54.5 Å². The minimum Gasteiger partial charge on any atom is -0.265 e. The topological polar surface area (TPSA) is 12.4 Å². The average molecular weight is 232 g/mol. The summed E-state index contributed by atoms with van der Waals surface area (Å²) in [7, 11) is 0. The zero-order chi connectivity index (χ0) is 11.0. The summed E-state index contributed by atoms with van der Waals surface area (Å²) < 4.78 is 0. The van der Waals surface area contributed by atoms with E-state index in [1.165, 1.54) is 23.2 Å². The van der Waals surface area contributed by atoms with E-state index in [0.717, 1.165) is 30.7 Å². The number of fused-ring (bicyclic) bond motifs is 1. The van der Waals surface area contributed by atoms with Crippen molar-refractivity contribution in [3.8, 4) is 0 Å². The molecule has 0 bridgehead atoms. The van der Waals surface area contributed by atoms with Gasteiger partial charge in [0.1, 0.15) is 0 Å². The third-order valence-corrected chi connectivity index (χ3v) is 3.69. The molecule has 0 unspecified atom stereocenters. The van der Waals surface area contributed by atoms with Crippen molar-refractivity contribution in [2.45, 2.75) is 32.1 Å². The third kappa shape index (κ3) is 1.80. The summed E-state index contributed by atoms with van der Waals surface area (Å²) in [4.78, 5) is 4.55. The summed E-state index contributed by atoms with van der Waals surface area (Å²) in [5.41, 5.74) is 5.65. The van der Waals surface area contributed by atoms with Gasteiger partial charge in [-0.25, -0.2) is 0 Å². The second-order valence-corrected chi connectivity index (χ2v) is 4.93. The second kappa shape index (κ2) is 4.06. The summed E-state index contributed by atoms with van der Waals surface area (Å²) in [5, 5.41) is 0.849. The van der Waals surface area contributed by atoms with Crippen molar-refractivity contribution in [1.82, 2.24) is 0 Å². The van der Waals surface area contributed by atoms with Gasteiger partial charge in [0, 0.05) is 23.4 Å². The molecule has 2 aliphatic rings. The van der Waals surface area contributed by atoms with E-state index in [1.807, 2.05) is 6.07 Å². The molecule has 1 aromatic carbocycles. The lowest BCUT2D eigenvalue weighted by Crippen LogP contribution is -1.98. The van der Waals surface area contributed by atoms with Gasteiger partial charge < -0.3 is 0 Å². The minimum absolute atomic E-state index is 0.849. The predicted octanol–water partition coefficient (Wildman–Crippen LogP) is 3.95. The van der Waals surface area contributed by atoms with Crippen LogP contribution in [0.3, 0.4) is 0 Å². The van der Waals surface area contributed by atoms with E-state index in [4.69, 9.17) is 11.6 Å². The fourth-order valence-electron chi connectivity index (χ4n) is 2.55. The number of allylic oxidation sites excluding steroid dienone is 2. The van der Waals surface area contributed by atoms with Gasteiger partial charge in [0.25, 0.3) is 0 Å². The number of rotatable bonds is 0. The van der Waals surface area contributed by atoms with Crippen molar-refractivity contribution in [2.75, 3.05) is 0 Å². The van der Waals surface area contributed by atoms with Crippen LogP contribution in [0.2, 0.25) is 5.02 Å². The van der Waals surface area contributed by atoms with Crippen LogP contribution < -0.4 is 0 Å². The lowest BCUT2D eigenvalue weighted by atomic mass is 10.0. The molecule has 0 saturated carbocycles. The fraction of sp³-hybridized carbons (Fsp3) is 0.357. The summed E-state index contributed by atoms with van der Waals surface area (Å²) in [6.07, 6.45) is 7.61. The molecule has 1 aliphatic heterocycles. The summed E-state index contributed by atoms with van der Waals surface area (Å²) in [5.74, 6) is 0. The zero-order valence-electron chi connectivity index (χ0n) is 9.17. The maximum Gasteiger partial charge on any atom is 0.0435 e. The Hall–Kier alpha value is -1.08. The van der Waals surface area contributed by atoms with E-state index < -0.39 is 0 Å². The van der Waals surface area contributed by atoms with E-state index in [0.29, 0.717) is 0 Å². The molecular formula is C14H14ClN. The Bertz CT molecular complexity index is 486. The average Bonchev–Trinajstić information content (AvgIpc) is 2.48. The van der Waals surface area contributed by atoms with Crippen LogP contribution in [0.1, 0.15) is 30.4 Å². The van der Waals surface area contributed by atoms with E-state index in [9.17, 15) is 0 Å². The maximum absolute atomic E-state index is 6.04. The van der Waals surface area contributed by atoms with Gasteiger partial charge >= 0.3 is 0 Å². The number of aryl methyl sites for hydroxylation is 1. The van der Waals surface area contributed by atoms with Crippen LogP contribution in [0.4, 0.5) is 0 Å². The van der Waals surface area contributed by atoms with Crippen molar-refractivity contribution in [3.63, 3.8) is 0 Å². The highest BCUT2D eigenvalue weighted by Crippen LogP contribution is 2.31.